The molecule has 2 aliphatic carbocycles. The predicted molar refractivity (Wildman–Crippen MR) is 116 cm³/mol. The van der Waals surface area contributed by atoms with E-state index >= 15 is 0 Å². The Balaban J connectivity index is 1.35. The molecule has 1 saturated carbocycles. The van der Waals surface area contributed by atoms with Crippen LogP contribution in [0.5, 0.6) is 0 Å². The second-order valence-corrected chi connectivity index (χ2v) is 8.92. The number of carboxylic acid groups (broad SMARTS) is 1. The normalized spacial score (nSPS) is 25.8. The van der Waals surface area contributed by atoms with E-state index in [-0.39, 0.29) is 52.3 Å². The van der Waals surface area contributed by atoms with E-state index < -0.39 is 11.9 Å². The molecule has 2 fully saturated rings. The fourth-order valence-electron chi connectivity index (χ4n) is 4.92. The first-order chi connectivity index (χ1) is 14.8. The van der Waals surface area contributed by atoms with Crippen LogP contribution in [0.15, 0.2) is 59.1 Å². The lowest BCUT2D eigenvalue weighted by Gasteiger charge is -2.17. The van der Waals surface area contributed by atoms with Crippen LogP contribution in [-0.4, -0.2) is 28.8 Å². The largest absolute Gasteiger partial charge is 0.478 e. The van der Waals surface area contributed by atoms with E-state index in [1.165, 1.54) is 29.2 Å². The Bertz CT molecular complexity index is 1140. The number of anilines is 2. The Morgan fingerprint density at radius 3 is 2.16 bits per heavy atom. The number of benzene rings is 2. The number of aromatic carboxylic acids is 1. The smallest absolute Gasteiger partial charge is 0.337 e. The molecule has 1 aliphatic heterocycles. The topological polar surface area (TPSA) is 104 Å². The molecule has 2 bridgehead atoms. The van der Waals surface area contributed by atoms with E-state index in [1.54, 1.807) is 18.2 Å². The SMILES string of the molecule is O=C(Nc1ccc(Br)cc1C(=O)O)c1ccc(N2C(=O)[C@@H]3[C@@H](C2=O)[C@H]2C=C[C@H]3C2)cc1. The molecule has 0 radical (unpaired) electrons. The summed E-state index contributed by atoms with van der Waals surface area (Å²) in [5, 5.41) is 11.9. The molecule has 0 aromatic heterocycles. The van der Waals surface area contributed by atoms with E-state index in [0.717, 1.165) is 6.42 Å². The lowest BCUT2D eigenvalue weighted by Crippen LogP contribution is -2.32. The minimum absolute atomic E-state index is 0.0395. The maximum absolute atomic E-state index is 12.9. The van der Waals surface area contributed by atoms with Gasteiger partial charge in [0.1, 0.15) is 0 Å². The van der Waals surface area contributed by atoms with Crippen LogP contribution >= 0.6 is 15.9 Å². The highest BCUT2D eigenvalue weighted by Gasteiger charge is 2.59. The number of hydrogen-bond donors (Lipinski definition) is 2. The molecule has 4 atom stereocenters. The van der Waals surface area contributed by atoms with Crippen LogP contribution in [0.1, 0.15) is 27.1 Å². The van der Waals surface area contributed by atoms with Gasteiger partial charge in [-0.2, -0.15) is 0 Å². The number of nitrogens with one attached hydrogen (secondary N) is 1. The van der Waals surface area contributed by atoms with Crippen LogP contribution in [0.2, 0.25) is 0 Å². The van der Waals surface area contributed by atoms with Crippen LogP contribution < -0.4 is 10.2 Å². The zero-order chi connectivity index (χ0) is 21.9. The fourth-order valence-corrected chi connectivity index (χ4v) is 5.28. The summed E-state index contributed by atoms with van der Waals surface area (Å²) in [6.07, 6.45) is 4.96. The lowest BCUT2D eigenvalue weighted by atomic mass is 9.85. The molecule has 7 nitrogen and oxygen atoms in total. The zero-order valence-corrected chi connectivity index (χ0v) is 17.7. The van der Waals surface area contributed by atoms with Crippen molar-refractivity contribution in [2.24, 2.45) is 23.7 Å². The van der Waals surface area contributed by atoms with Crippen molar-refractivity contribution < 1.29 is 24.3 Å². The van der Waals surface area contributed by atoms with Crippen LogP contribution in [-0.2, 0) is 9.59 Å². The summed E-state index contributed by atoms with van der Waals surface area (Å²) in [5.74, 6) is -2.29. The minimum Gasteiger partial charge on any atom is -0.478 e. The molecule has 1 heterocycles. The van der Waals surface area contributed by atoms with Crippen molar-refractivity contribution in [2.45, 2.75) is 6.42 Å². The molecule has 156 valence electrons. The van der Waals surface area contributed by atoms with Crippen molar-refractivity contribution in [1.29, 1.82) is 0 Å². The van der Waals surface area contributed by atoms with E-state index in [1.807, 2.05) is 12.2 Å². The number of rotatable bonds is 4. The Morgan fingerprint density at radius 1 is 0.968 bits per heavy atom. The van der Waals surface area contributed by atoms with E-state index in [0.29, 0.717) is 10.2 Å². The third kappa shape index (κ3) is 3.09. The molecule has 31 heavy (non-hydrogen) atoms. The van der Waals surface area contributed by atoms with E-state index in [2.05, 4.69) is 21.2 Å². The van der Waals surface area contributed by atoms with Crippen molar-refractivity contribution in [3.63, 3.8) is 0 Å². The second kappa shape index (κ2) is 7.16. The first-order valence-corrected chi connectivity index (χ1v) is 10.6. The number of carbonyl (C=O) groups excluding carboxylic acids is 3. The maximum atomic E-state index is 12.9. The summed E-state index contributed by atoms with van der Waals surface area (Å²) in [4.78, 5) is 51.1. The third-order valence-electron chi connectivity index (χ3n) is 6.32. The number of halogens is 1. The van der Waals surface area contributed by atoms with E-state index in [4.69, 9.17) is 0 Å². The average Bonchev–Trinajstić information content (AvgIpc) is 3.43. The molecule has 1 saturated heterocycles. The van der Waals surface area contributed by atoms with Gasteiger partial charge in [-0.05, 0) is 60.7 Å². The van der Waals surface area contributed by atoms with Gasteiger partial charge < -0.3 is 10.4 Å². The highest BCUT2D eigenvalue weighted by atomic mass is 79.9. The number of imide groups is 1. The van der Waals surface area contributed by atoms with Crippen LogP contribution in [0, 0.1) is 23.7 Å². The van der Waals surface area contributed by atoms with Crippen molar-refractivity contribution in [2.75, 3.05) is 10.2 Å². The zero-order valence-electron chi connectivity index (χ0n) is 16.1. The number of allylic oxidation sites excluding steroid dienone is 2. The quantitative estimate of drug-likeness (QED) is 0.512. The summed E-state index contributed by atoms with van der Waals surface area (Å²) in [6.45, 7) is 0. The predicted octanol–water partition coefficient (Wildman–Crippen LogP) is 3.71. The number of amides is 3. The number of carboxylic acids is 1. The molecule has 2 N–H and O–H groups in total. The second-order valence-electron chi connectivity index (χ2n) is 8.01. The van der Waals surface area contributed by atoms with Crippen molar-refractivity contribution >= 4 is 51.0 Å². The highest BCUT2D eigenvalue weighted by molar-refractivity contribution is 9.10. The van der Waals surface area contributed by atoms with Crippen molar-refractivity contribution in [3.8, 4) is 0 Å². The number of hydrogen-bond acceptors (Lipinski definition) is 4. The van der Waals surface area contributed by atoms with Crippen LogP contribution in [0.25, 0.3) is 0 Å². The first kappa shape index (κ1) is 19.7. The lowest BCUT2D eigenvalue weighted by molar-refractivity contribution is -0.123. The molecule has 2 aromatic carbocycles. The van der Waals surface area contributed by atoms with Crippen molar-refractivity contribution in [1.82, 2.24) is 0 Å². The van der Waals surface area contributed by atoms with Gasteiger partial charge in [0.25, 0.3) is 5.91 Å². The molecular formula is C23H17BrN2O5. The molecule has 3 amide bonds. The maximum Gasteiger partial charge on any atom is 0.337 e. The summed E-state index contributed by atoms with van der Waals surface area (Å²) < 4.78 is 0.584. The first-order valence-electron chi connectivity index (χ1n) is 9.85. The molecular weight excluding hydrogens is 464 g/mol. The molecule has 8 heteroatoms. The van der Waals surface area contributed by atoms with Gasteiger partial charge in [-0.15, -0.1) is 0 Å². The van der Waals surface area contributed by atoms with Gasteiger partial charge >= 0.3 is 5.97 Å². The van der Waals surface area contributed by atoms with Gasteiger partial charge in [0.2, 0.25) is 11.8 Å². The Kier molecular flexibility index (Phi) is 4.55. The summed E-state index contributed by atoms with van der Waals surface area (Å²) in [6, 6.07) is 10.7. The van der Waals surface area contributed by atoms with Crippen LogP contribution in [0.4, 0.5) is 11.4 Å². The number of fused-ring (bicyclic) bond motifs is 5. The molecule has 2 aromatic rings. The monoisotopic (exact) mass is 480 g/mol. The van der Waals surface area contributed by atoms with Gasteiger partial charge in [0.15, 0.2) is 0 Å². The van der Waals surface area contributed by atoms with Gasteiger partial charge in [-0.25, -0.2) is 4.79 Å². The standard InChI is InChI=1S/C23H17BrN2O5/c24-14-5-8-17(16(10-14)23(30)31)25-20(27)11-3-6-15(7-4-11)26-21(28)18-12-1-2-13(9-12)19(18)22(26)29/h1-8,10,12-13,18-19H,9H2,(H,25,27)(H,30,31)/t12-,13-,18-,19-/m0/s1. The number of carbonyl (C=O) groups is 4. The Morgan fingerprint density at radius 2 is 1.58 bits per heavy atom. The van der Waals surface area contributed by atoms with Gasteiger partial charge in [-0.1, -0.05) is 28.1 Å². The minimum atomic E-state index is -1.16. The van der Waals surface area contributed by atoms with Gasteiger partial charge in [0, 0.05) is 10.0 Å². The Hall–Kier alpha value is -3.26. The summed E-state index contributed by atoms with van der Waals surface area (Å²) in [5.41, 5.74) is 0.854. The van der Waals surface area contributed by atoms with Crippen molar-refractivity contribution in [3.05, 3.63) is 70.2 Å². The molecule has 3 aliphatic rings. The average molecular weight is 481 g/mol. The molecule has 5 rings (SSSR count). The highest BCUT2D eigenvalue weighted by Crippen LogP contribution is 2.53. The summed E-state index contributed by atoms with van der Waals surface area (Å²) >= 11 is 3.21. The number of nitrogens with zero attached hydrogens (tertiary/aromatic N) is 1. The summed E-state index contributed by atoms with van der Waals surface area (Å²) in [7, 11) is 0. The third-order valence-corrected chi connectivity index (χ3v) is 6.81. The van der Waals surface area contributed by atoms with Gasteiger partial charge in [-0.3, -0.25) is 19.3 Å². The Labute approximate surface area is 185 Å². The fraction of sp³-hybridized carbons (Fsp3) is 0.217. The van der Waals surface area contributed by atoms with E-state index in [9.17, 15) is 24.3 Å². The molecule has 0 unspecified atom stereocenters. The molecule has 0 spiro atoms. The van der Waals surface area contributed by atoms with Gasteiger partial charge in [0.05, 0.1) is 28.8 Å². The van der Waals surface area contributed by atoms with Crippen LogP contribution in [0.3, 0.4) is 0 Å².